The van der Waals surface area contributed by atoms with E-state index in [0.29, 0.717) is 39.5 Å². The second-order valence-electron chi connectivity index (χ2n) is 5.57. The van der Waals surface area contributed by atoms with E-state index >= 15 is 0 Å². The highest BCUT2D eigenvalue weighted by Gasteiger charge is 2.42. The Bertz CT molecular complexity index is 395. The largest absolute Gasteiger partial charge is 0.371 e. The highest BCUT2D eigenvalue weighted by atomic mass is 16.6. The van der Waals surface area contributed by atoms with Gasteiger partial charge in [-0.25, -0.2) is 14.5 Å². The second-order valence-corrected chi connectivity index (χ2v) is 5.57. The van der Waals surface area contributed by atoms with Gasteiger partial charge in [0.2, 0.25) is 0 Å². The first-order chi connectivity index (χ1) is 9.69. The van der Waals surface area contributed by atoms with Crippen LogP contribution in [0.15, 0.2) is 0 Å². The Morgan fingerprint density at radius 1 is 1.05 bits per heavy atom. The predicted octanol–water partition coefficient (Wildman–Crippen LogP) is 0.701. The number of hydrogen-bond acceptors (Lipinski definition) is 4. The first-order valence-corrected chi connectivity index (χ1v) is 7.27. The summed E-state index contributed by atoms with van der Waals surface area (Å²) in [5.74, 6) is 0. The number of imide groups is 1. The molecule has 7 heteroatoms. The zero-order valence-electron chi connectivity index (χ0n) is 11.8. The number of nitrogens with zero attached hydrogens (tertiary/aromatic N) is 3. The number of amides is 4. The van der Waals surface area contributed by atoms with Crippen molar-refractivity contribution >= 4 is 12.1 Å². The van der Waals surface area contributed by atoms with Crippen molar-refractivity contribution in [1.82, 2.24) is 14.7 Å². The van der Waals surface area contributed by atoms with Gasteiger partial charge < -0.3 is 19.3 Å². The summed E-state index contributed by atoms with van der Waals surface area (Å²) in [5, 5.41) is 0. The molecule has 3 rings (SSSR count). The summed E-state index contributed by atoms with van der Waals surface area (Å²) >= 11 is 0. The van der Waals surface area contributed by atoms with E-state index in [9.17, 15) is 9.59 Å². The maximum atomic E-state index is 12.4. The molecule has 0 spiro atoms. The maximum absolute atomic E-state index is 12.4. The van der Waals surface area contributed by atoms with Gasteiger partial charge in [-0.1, -0.05) is 13.3 Å². The number of carbonyl (C=O) groups excluding carboxylic acids is 2. The molecule has 0 bridgehead atoms. The summed E-state index contributed by atoms with van der Waals surface area (Å²) in [6.07, 6.45) is 2.13. The van der Waals surface area contributed by atoms with E-state index < -0.39 is 0 Å². The molecule has 4 amide bonds. The van der Waals surface area contributed by atoms with Crippen molar-refractivity contribution in [3.8, 4) is 0 Å². The first-order valence-electron chi connectivity index (χ1n) is 7.27. The fraction of sp³-hybridized carbons (Fsp3) is 0.846. The number of ether oxygens (including phenoxy) is 2. The lowest BCUT2D eigenvalue weighted by atomic mass is 10.3. The van der Waals surface area contributed by atoms with Gasteiger partial charge in [-0.2, -0.15) is 0 Å². The van der Waals surface area contributed by atoms with Crippen LogP contribution in [0.25, 0.3) is 0 Å². The molecular formula is C13H21N3O4. The topological polar surface area (TPSA) is 68.9 Å². The molecule has 0 aromatic rings. The molecule has 0 aromatic carbocycles. The predicted molar refractivity (Wildman–Crippen MR) is 70.2 cm³/mol. The highest BCUT2D eigenvalue weighted by molar-refractivity contribution is 5.95. The molecule has 7 nitrogen and oxygen atoms in total. The van der Waals surface area contributed by atoms with Crippen LogP contribution in [0.3, 0.4) is 0 Å². The standard InChI is InChI=1S/C13H21N3O4/c1-2-3-4-14-9-15(5-10-7-19-10)13(18)16(12(14)17)6-11-8-20-11/h10-11H,2-9H2,1H3. The molecule has 0 aromatic heterocycles. The van der Waals surface area contributed by atoms with Crippen LogP contribution in [0.2, 0.25) is 0 Å². The molecule has 2 atom stereocenters. The van der Waals surface area contributed by atoms with Gasteiger partial charge in [0.25, 0.3) is 0 Å². The Morgan fingerprint density at radius 3 is 2.25 bits per heavy atom. The van der Waals surface area contributed by atoms with Gasteiger partial charge in [0.1, 0.15) is 0 Å². The molecule has 2 unspecified atom stereocenters. The molecule has 0 aliphatic carbocycles. The molecule has 20 heavy (non-hydrogen) atoms. The van der Waals surface area contributed by atoms with Crippen molar-refractivity contribution < 1.29 is 19.1 Å². The molecule has 3 heterocycles. The molecule has 3 fully saturated rings. The highest BCUT2D eigenvalue weighted by Crippen LogP contribution is 2.21. The van der Waals surface area contributed by atoms with E-state index in [2.05, 4.69) is 6.92 Å². The molecule has 3 aliphatic rings. The van der Waals surface area contributed by atoms with Crippen molar-refractivity contribution in [3.05, 3.63) is 0 Å². The Balaban J connectivity index is 1.67. The second kappa shape index (κ2) is 5.57. The number of unbranched alkanes of at least 4 members (excludes halogenated alkanes) is 1. The monoisotopic (exact) mass is 283 g/mol. The smallest absolute Gasteiger partial charge is 0.329 e. The SMILES string of the molecule is CCCCN1CN(CC2CO2)C(=O)N(CC2CO2)C1=O. The Hall–Kier alpha value is -1.34. The minimum absolute atomic E-state index is 0.0213. The minimum Gasteiger partial charge on any atom is -0.371 e. The van der Waals surface area contributed by atoms with Gasteiger partial charge in [-0.05, 0) is 6.42 Å². The van der Waals surface area contributed by atoms with E-state index in [1.807, 2.05) is 0 Å². The van der Waals surface area contributed by atoms with Crippen LogP contribution in [-0.2, 0) is 9.47 Å². The van der Waals surface area contributed by atoms with E-state index in [-0.39, 0.29) is 24.3 Å². The van der Waals surface area contributed by atoms with Crippen LogP contribution in [0.1, 0.15) is 19.8 Å². The number of carbonyl (C=O) groups is 2. The van der Waals surface area contributed by atoms with Crippen molar-refractivity contribution in [2.24, 2.45) is 0 Å². The summed E-state index contributed by atoms with van der Waals surface area (Å²) in [6.45, 7) is 5.42. The third-order valence-electron chi connectivity index (χ3n) is 3.74. The fourth-order valence-corrected chi connectivity index (χ4v) is 2.35. The van der Waals surface area contributed by atoms with Gasteiger partial charge in [0, 0.05) is 6.54 Å². The lowest BCUT2D eigenvalue weighted by Gasteiger charge is -2.40. The number of epoxide rings is 2. The summed E-state index contributed by atoms with van der Waals surface area (Å²) in [7, 11) is 0. The molecule has 3 saturated heterocycles. The van der Waals surface area contributed by atoms with Crippen LogP contribution < -0.4 is 0 Å². The molecule has 112 valence electrons. The molecule has 0 radical (unpaired) electrons. The number of hydrogen-bond donors (Lipinski definition) is 0. The Labute approximate surface area is 118 Å². The van der Waals surface area contributed by atoms with Gasteiger partial charge >= 0.3 is 12.1 Å². The third-order valence-corrected chi connectivity index (χ3v) is 3.74. The molecule has 0 N–H and O–H groups in total. The van der Waals surface area contributed by atoms with Crippen molar-refractivity contribution in [1.29, 1.82) is 0 Å². The van der Waals surface area contributed by atoms with E-state index in [4.69, 9.17) is 9.47 Å². The maximum Gasteiger partial charge on any atom is 0.329 e. The van der Waals surface area contributed by atoms with Crippen LogP contribution in [0.5, 0.6) is 0 Å². The minimum atomic E-state index is -0.214. The lowest BCUT2D eigenvalue weighted by molar-refractivity contribution is 0.0722. The van der Waals surface area contributed by atoms with E-state index in [1.165, 1.54) is 4.90 Å². The van der Waals surface area contributed by atoms with E-state index in [1.54, 1.807) is 9.80 Å². The average Bonchev–Trinajstić information content (AvgIpc) is 3.32. The molecular weight excluding hydrogens is 262 g/mol. The van der Waals surface area contributed by atoms with Gasteiger partial charge in [-0.3, -0.25) is 0 Å². The number of rotatable bonds is 7. The van der Waals surface area contributed by atoms with Crippen molar-refractivity contribution in [2.45, 2.75) is 32.0 Å². The summed E-state index contributed by atoms with van der Waals surface area (Å²) < 4.78 is 10.3. The van der Waals surface area contributed by atoms with Crippen LogP contribution in [-0.4, -0.2) is 78.5 Å². The Kier molecular flexibility index (Phi) is 3.80. The zero-order chi connectivity index (χ0) is 14.1. The van der Waals surface area contributed by atoms with Gasteiger partial charge in [0.05, 0.1) is 45.2 Å². The fourth-order valence-electron chi connectivity index (χ4n) is 2.35. The van der Waals surface area contributed by atoms with Crippen molar-refractivity contribution in [2.75, 3.05) is 39.5 Å². The number of urea groups is 2. The van der Waals surface area contributed by atoms with Crippen LogP contribution in [0, 0.1) is 0 Å². The summed E-state index contributed by atoms with van der Waals surface area (Å²) in [4.78, 5) is 29.5. The van der Waals surface area contributed by atoms with Crippen LogP contribution in [0.4, 0.5) is 9.59 Å². The Morgan fingerprint density at radius 2 is 1.65 bits per heavy atom. The zero-order valence-corrected chi connectivity index (χ0v) is 11.8. The van der Waals surface area contributed by atoms with Crippen molar-refractivity contribution in [3.63, 3.8) is 0 Å². The summed E-state index contributed by atoms with van der Waals surface area (Å²) in [5.41, 5.74) is 0. The van der Waals surface area contributed by atoms with Gasteiger partial charge in [0.15, 0.2) is 0 Å². The van der Waals surface area contributed by atoms with Gasteiger partial charge in [-0.15, -0.1) is 0 Å². The third kappa shape index (κ3) is 3.04. The quantitative estimate of drug-likeness (QED) is 0.645. The first kappa shape index (κ1) is 13.6. The lowest BCUT2D eigenvalue weighted by Crippen LogP contribution is -2.62. The normalized spacial score (nSPS) is 29.1. The van der Waals surface area contributed by atoms with Crippen LogP contribution >= 0.6 is 0 Å². The summed E-state index contributed by atoms with van der Waals surface area (Å²) in [6, 6.07) is -0.402. The molecule has 0 saturated carbocycles. The van der Waals surface area contributed by atoms with E-state index in [0.717, 1.165) is 12.8 Å². The molecule has 3 aliphatic heterocycles. The average molecular weight is 283 g/mol.